The van der Waals surface area contributed by atoms with Crippen molar-refractivity contribution in [2.45, 2.75) is 0 Å². The third-order valence-corrected chi connectivity index (χ3v) is 3.57. The van der Waals surface area contributed by atoms with Gasteiger partial charge >= 0.3 is 11.9 Å². The van der Waals surface area contributed by atoms with Crippen LogP contribution in [0.5, 0.6) is 5.75 Å². The maximum atomic E-state index is 12.5. The molecule has 0 saturated carbocycles. The normalized spacial score (nSPS) is 12.9. The second-order valence-electron chi connectivity index (χ2n) is 5.19. The summed E-state index contributed by atoms with van der Waals surface area (Å²) in [5.41, 5.74) is 0.208. The van der Waals surface area contributed by atoms with Gasteiger partial charge in [0.05, 0.1) is 22.4 Å². The van der Waals surface area contributed by atoms with Crippen LogP contribution in [0.25, 0.3) is 0 Å². The van der Waals surface area contributed by atoms with E-state index in [1.165, 1.54) is 36.4 Å². The Morgan fingerprint density at radius 1 is 0.960 bits per heavy atom. The van der Waals surface area contributed by atoms with Crippen LogP contribution in [0.2, 0.25) is 0 Å². The zero-order chi connectivity index (χ0) is 18.1. The molecule has 2 N–H and O–H groups in total. The maximum absolute atomic E-state index is 12.5. The number of amides is 2. The number of carboxylic acid groups (broad SMARTS) is 2. The minimum Gasteiger partial charge on any atom is -0.482 e. The first-order chi connectivity index (χ1) is 11.9. The summed E-state index contributed by atoms with van der Waals surface area (Å²) in [5, 5.41) is 17.7. The van der Waals surface area contributed by atoms with Crippen molar-refractivity contribution in [3.63, 3.8) is 0 Å². The fourth-order valence-electron chi connectivity index (χ4n) is 2.47. The molecule has 1 aliphatic heterocycles. The average molecular weight is 341 g/mol. The first-order valence-electron chi connectivity index (χ1n) is 7.09. The van der Waals surface area contributed by atoms with Gasteiger partial charge in [0.1, 0.15) is 5.75 Å². The van der Waals surface area contributed by atoms with Gasteiger partial charge in [-0.1, -0.05) is 6.07 Å². The van der Waals surface area contributed by atoms with Crippen LogP contribution in [0.1, 0.15) is 31.1 Å². The summed E-state index contributed by atoms with van der Waals surface area (Å²) in [5.74, 6) is -3.42. The van der Waals surface area contributed by atoms with Crippen molar-refractivity contribution in [3.05, 3.63) is 59.2 Å². The topological polar surface area (TPSA) is 121 Å². The van der Waals surface area contributed by atoms with Crippen molar-refractivity contribution in [1.29, 1.82) is 0 Å². The SMILES string of the molecule is O=C(O)COc1cccc(N2C(=O)c3ccc(C(=O)O)cc3C2=O)c1. The van der Waals surface area contributed by atoms with Gasteiger partial charge in [0.15, 0.2) is 6.61 Å². The fourth-order valence-corrected chi connectivity index (χ4v) is 2.47. The van der Waals surface area contributed by atoms with Crippen LogP contribution in [-0.2, 0) is 4.79 Å². The summed E-state index contributed by atoms with van der Waals surface area (Å²) in [6.45, 7) is -0.562. The molecule has 1 heterocycles. The van der Waals surface area contributed by atoms with Crippen LogP contribution >= 0.6 is 0 Å². The highest BCUT2D eigenvalue weighted by Gasteiger charge is 2.37. The minimum atomic E-state index is -1.20. The number of aliphatic carboxylic acids is 1. The zero-order valence-electron chi connectivity index (χ0n) is 12.6. The number of aromatic carboxylic acids is 1. The Kier molecular flexibility index (Phi) is 3.94. The van der Waals surface area contributed by atoms with Crippen molar-refractivity contribution in [3.8, 4) is 5.75 Å². The molecule has 2 amide bonds. The minimum absolute atomic E-state index is 0.00163. The summed E-state index contributed by atoms with van der Waals surface area (Å²) < 4.78 is 5.04. The molecule has 1 aliphatic rings. The van der Waals surface area contributed by atoms with Gasteiger partial charge < -0.3 is 14.9 Å². The molecule has 0 aromatic heterocycles. The van der Waals surface area contributed by atoms with Gasteiger partial charge in [-0.05, 0) is 30.3 Å². The summed E-state index contributed by atoms with van der Waals surface area (Å²) in [4.78, 5) is 47.5. The van der Waals surface area contributed by atoms with Crippen molar-refractivity contribution in [1.82, 2.24) is 0 Å². The molecule has 0 radical (unpaired) electrons. The van der Waals surface area contributed by atoms with Gasteiger partial charge in [0, 0.05) is 6.07 Å². The van der Waals surface area contributed by atoms with E-state index in [1.54, 1.807) is 0 Å². The van der Waals surface area contributed by atoms with E-state index in [4.69, 9.17) is 14.9 Å². The fraction of sp³-hybridized carbons (Fsp3) is 0.0588. The number of fused-ring (bicyclic) bond motifs is 1. The predicted octanol–water partition coefficient (Wildman–Crippen LogP) is 1.65. The third-order valence-electron chi connectivity index (χ3n) is 3.57. The van der Waals surface area contributed by atoms with E-state index in [0.717, 1.165) is 11.0 Å². The lowest BCUT2D eigenvalue weighted by molar-refractivity contribution is -0.139. The first kappa shape index (κ1) is 16.2. The molecule has 0 unspecified atom stereocenters. The molecule has 3 rings (SSSR count). The monoisotopic (exact) mass is 341 g/mol. The van der Waals surface area contributed by atoms with E-state index in [0.29, 0.717) is 0 Å². The number of carbonyl (C=O) groups is 4. The maximum Gasteiger partial charge on any atom is 0.341 e. The third kappa shape index (κ3) is 2.92. The molecule has 0 bridgehead atoms. The van der Waals surface area contributed by atoms with Crippen molar-refractivity contribution in [2.24, 2.45) is 0 Å². The molecule has 2 aromatic rings. The number of hydrogen-bond donors (Lipinski definition) is 2. The molecule has 0 spiro atoms. The molecule has 0 aliphatic carbocycles. The molecule has 8 heteroatoms. The van der Waals surface area contributed by atoms with E-state index in [9.17, 15) is 19.2 Å². The van der Waals surface area contributed by atoms with Gasteiger partial charge in [0.2, 0.25) is 0 Å². The molecular weight excluding hydrogens is 330 g/mol. The number of carbonyl (C=O) groups excluding carboxylic acids is 2. The first-order valence-corrected chi connectivity index (χ1v) is 7.09. The number of carboxylic acids is 2. The van der Waals surface area contributed by atoms with E-state index in [2.05, 4.69) is 0 Å². The Balaban J connectivity index is 1.95. The molecule has 2 aromatic carbocycles. The zero-order valence-corrected chi connectivity index (χ0v) is 12.6. The molecular formula is C17H11NO7. The van der Waals surface area contributed by atoms with Crippen LogP contribution in [-0.4, -0.2) is 40.6 Å². The quantitative estimate of drug-likeness (QED) is 0.793. The van der Waals surface area contributed by atoms with Gasteiger partial charge in [-0.3, -0.25) is 9.59 Å². The van der Waals surface area contributed by atoms with Crippen LogP contribution in [0.15, 0.2) is 42.5 Å². The molecule has 25 heavy (non-hydrogen) atoms. The molecule has 8 nitrogen and oxygen atoms in total. The van der Waals surface area contributed by atoms with Crippen molar-refractivity contribution in [2.75, 3.05) is 11.5 Å². The number of benzene rings is 2. The summed E-state index contributed by atoms with van der Waals surface area (Å²) >= 11 is 0. The van der Waals surface area contributed by atoms with Crippen LogP contribution in [0.4, 0.5) is 5.69 Å². The van der Waals surface area contributed by atoms with Crippen molar-refractivity contribution >= 4 is 29.4 Å². The van der Waals surface area contributed by atoms with E-state index in [1.807, 2.05) is 0 Å². The Hall–Kier alpha value is -3.68. The number of ether oxygens (including phenoxy) is 1. The van der Waals surface area contributed by atoms with E-state index < -0.39 is 30.4 Å². The Bertz CT molecular complexity index is 919. The van der Waals surface area contributed by atoms with Crippen LogP contribution < -0.4 is 9.64 Å². The highest BCUT2D eigenvalue weighted by atomic mass is 16.5. The summed E-state index contributed by atoms with van der Waals surface area (Å²) in [7, 11) is 0. The lowest BCUT2D eigenvalue weighted by Gasteiger charge is -2.15. The lowest BCUT2D eigenvalue weighted by atomic mass is 10.1. The second-order valence-corrected chi connectivity index (χ2v) is 5.19. The Morgan fingerprint density at radius 3 is 2.36 bits per heavy atom. The van der Waals surface area contributed by atoms with Gasteiger partial charge in [-0.2, -0.15) is 0 Å². The number of rotatable bonds is 5. The molecule has 126 valence electrons. The van der Waals surface area contributed by atoms with Gasteiger partial charge in [0.25, 0.3) is 11.8 Å². The Morgan fingerprint density at radius 2 is 1.68 bits per heavy atom. The largest absolute Gasteiger partial charge is 0.482 e. The standard InChI is InChI=1S/C17H11NO7/c19-14(20)8-25-11-3-1-2-10(7-11)18-15(21)12-5-4-9(17(23)24)6-13(12)16(18)22/h1-7H,8H2,(H,19,20)(H,23,24). The number of imide groups is 1. The second kappa shape index (κ2) is 6.08. The average Bonchev–Trinajstić information content (AvgIpc) is 2.84. The number of nitrogens with zero attached hydrogens (tertiary/aromatic N) is 1. The molecule has 0 atom stereocenters. The van der Waals surface area contributed by atoms with E-state index in [-0.39, 0.29) is 28.1 Å². The van der Waals surface area contributed by atoms with Gasteiger partial charge in [-0.15, -0.1) is 0 Å². The lowest BCUT2D eigenvalue weighted by Crippen LogP contribution is -2.29. The molecule has 0 fully saturated rings. The van der Waals surface area contributed by atoms with Crippen molar-refractivity contribution < 1.29 is 34.1 Å². The summed E-state index contributed by atoms with van der Waals surface area (Å²) in [6, 6.07) is 9.57. The summed E-state index contributed by atoms with van der Waals surface area (Å²) in [6.07, 6.45) is 0. The Labute approximate surface area is 140 Å². The predicted molar refractivity (Wildman–Crippen MR) is 84.1 cm³/mol. The highest BCUT2D eigenvalue weighted by molar-refractivity contribution is 6.34. The van der Waals surface area contributed by atoms with Gasteiger partial charge in [-0.25, -0.2) is 14.5 Å². The molecule has 0 saturated heterocycles. The van der Waals surface area contributed by atoms with Crippen LogP contribution in [0, 0.1) is 0 Å². The van der Waals surface area contributed by atoms with E-state index >= 15 is 0 Å². The smallest absolute Gasteiger partial charge is 0.341 e. The van der Waals surface area contributed by atoms with Crippen LogP contribution in [0.3, 0.4) is 0 Å². The number of anilines is 1. The number of hydrogen-bond acceptors (Lipinski definition) is 5. The highest BCUT2D eigenvalue weighted by Crippen LogP contribution is 2.31.